The van der Waals surface area contributed by atoms with Crippen LogP contribution in [0.5, 0.6) is 0 Å². The van der Waals surface area contributed by atoms with Gasteiger partial charge in [0.15, 0.2) is 0 Å². The van der Waals surface area contributed by atoms with Crippen molar-refractivity contribution in [1.82, 2.24) is 0 Å². The van der Waals surface area contributed by atoms with Crippen LogP contribution in [0.15, 0.2) is 54.6 Å². The van der Waals surface area contributed by atoms with E-state index in [0.29, 0.717) is 28.4 Å². The summed E-state index contributed by atoms with van der Waals surface area (Å²) < 4.78 is 5.27. The van der Waals surface area contributed by atoms with Gasteiger partial charge in [-0.2, -0.15) is 0 Å². The maximum atomic E-state index is 13.0. The molecule has 1 unspecified atom stereocenters. The summed E-state index contributed by atoms with van der Waals surface area (Å²) in [5.74, 6) is -1.53. The van der Waals surface area contributed by atoms with E-state index in [1.165, 1.54) is 11.3 Å². The number of nitrogens with one attached hydrogen (secondary N) is 2. The Labute approximate surface area is 225 Å². The topological polar surface area (TPSA) is 105 Å². The van der Waals surface area contributed by atoms with Gasteiger partial charge in [-0.25, -0.2) is 4.79 Å². The fourth-order valence-corrected chi connectivity index (χ4v) is 6.21. The highest BCUT2D eigenvalue weighted by atomic mass is 32.1. The Kier molecular flexibility index (Phi) is 7.55. The quantitative estimate of drug-likeness (QED) is 0.415. The molecule has 2 aromatic carbocycles. The lowest BCUT2D eigenvalue weighted by Gasteiger charge is -2.16. The molecule has 1 fully saturated rings. The summed E-state index contributed by atoms with van der Waals surface area (Å²) in [5, 5.41) is 6.28. The van der Waals surface area contributed by atoms with Gasteiger partial charge in [-0.1, -0.05) is 18.2 Å². The molecule has 0 spiro atoms. The van der Waals surface area contributed by atoms with Crippen molar-refractivity contribution in [3.63, 3.8) is 0 Å². The van der Waals surface area contributed by atoms with Crippen LogP contribution in [0.4, 0.5) is 16.4 Å². The third kappa shape index (κ3) is 5.33. The lowest BCUT2D eigenvalue weighted by molar-refractivity contribution is -0.122. The second-order valence-electron chi connectivity index (χ2n) is 9.40. The molecule has 3 aromatic rings. The number of thiophene rings is 1. The third-order valence-electron chi connectivity index (χ3n) is 6.86. The molecule has 1 aliphatic carbocycles. The number of carbonyl (C=O) groups is 4. The monoisotopic (exact) mass is 531 g/mol. The standard InChI is InChI=1S/C29H29N3O5S/c1-2-37-29(36)25-22-10-6-7-11-23(22)38-28(25)31-26(34)18-12-14-20(15-13-18)30-27(35)19-16-24(33)32(17-19)21-8-4-3-5-9-21/h3-5,8-9,12-15,19H,2,6-7,10-11,16-17H2,1H3,(H,30,35)(H,31,34). The van der Waals surface area contributed by atoms with Gasteiger partial charge in [0.2, 0.25) is 11.8 Å². The maximum Gasteiger partial charge on any atom is 0.341 e. The van der Waals surface area contributed by atoms with Crippen molar-refractivity contribution >= 4 is 51.4 Å². The molecule has 9 heteroatoms. The Morgan fingerprint density at radius 1 is 1.00 bits per heavy atom. The average Bonchev–Trinajstić information content (AvgIpc) is 3.50. The highest BCUT2D eigenvalue weighted by molar-refractivity contribution is 7.17. The van der Waals surface area contributed by atoms with E-state index in [1.807, 2.05) is 30.3 Å². The summed E-state index contributed by atoms with van der Waals surface area (Å²) in [6, 6.07) is 15.9. The predicted octanol–water partition coefficient (Wildman–Crippen LogP) is 5.05. The van der Waals surface area contributed by atoms with Crippen LogP contribution >= 0.6 is 11.3 Å². The number of benzene rings is 2. The van der Waals surface area contributed by atoms with Gasteiger partial charge in [0.05, 0.1) is 18.1 Å². The molecular formula is C29H29N3O5S. The minimum Gasteiger partial charge on any atom is -0.462 e. The fraction of sp³-hybridized carbons (Fsp3) is 0.310. The molecule has 1 aliphatic heterocycles. The molecule has 1 atom stereocenters. The van der Waals surface area contributed by atoms with Crippen LogP contribution in [0.3, 0.4) is 0 Å². The van der Waals surface area contributed by atoms with E-state index in [1.54, 1.807) is 36.1 Å². The molecule has 0 radical (unpaired) electrons. The van der Waals surface area contributed by atoms with Gasteiger partial charge in [0.1, 0.15) is 5.00 Å². The van der Waals surface area contributed by atoms with E-state index in [4.69, 9.17) is 4.74 Å². The number of esters is 1. The summed E-state index contributed by atoms with van der Waals surface area (Å²) >= 11 is 1.44. The number of para-hydroxylation sites is 1. The van der Waals surface area contributed by atoms with E-state index in [0.717, 1.165) is 41.8 Å². The lowest BCUT2D eigenvalue weighted by Crippen LogP contribution is -2.28. The molecule has 2 aliphatic rings. The summed E-state index contributed by atoms with van der Waals surface area (Å²) in [4.78, 5) is 53.7. The number of rotatable bonds is 7. The molecule has 196 valence electrons. The molecule has 38 heavy (non-hydrogen) atoms. The van der Waals surface area contributed by atoms with Gasteiger partial charge in [-0.05, 0) is 74.6 Å². The fourth-order valence-electron chi connectivity index (χ4n) is 4.94. The second kappa shape index (κ2) is 11.2. The van der Waals surface area contributed by atoms with Gasteiger partial charge in [-0.15, -0.1) is 11.3 Å². The van der Waals surface area contributed by atoms with Crippen LogP contribution < -0.4 is 15.5 Å². The van der Waals surface area contributed by atoms with Crippen molar-refractivity contribution < 1.29 is 23.9 Å². The zero-order chi connectivity index (χ0) is 26.6. The van der Waals surface area contributed by atoms with Gasteiger partial charge in [-0.3, -0.25) is 14.4 Å². The van der Waals surface area contributed by atoms with Crippen LogP contribution in [0.25, 0.3) is 0 Å². The number of hydrogen-bond acceptors (Lipinski definition) is 6. The smallest absolute Gasteiger partial charge is 0.341 e. The minimum absolute atomic E-state index is 0.0826. The van der Waals surface area contributed by atoms with Crippen LogP contribution in [0, 0.1) is 5.92 Å². The van der Waals surface area contributed by atoms with Crippen molar-refractivity contribution in [1.29, 1.82) is 0 Å². The Balaban J connectivity index is 1.23. The molecule has 0 saturated carbocycles. The van der Waals surface area contributed by atoms with Crippen molar-refractivity contribution in [3.05, 3.63) is 76.2 Å². The van der Waals surface area contributed by atoms with Crippen molar-refractivity contribution in [2.45, 2.75) is 39.0 Å². The number of amides is 3. The molecule has 2 N–H and O–H groups in total. The molecular weight excluding hydrogens is 502 g/mol. The zero-order valence-electron chi connectivity index (χ0n) is 21.1. The molecule has 2 heterocycles. The highest BCUT2D eigenvalue weighted by Crippen LogP contribution is 2.39. The van der Waals surface area contributed by atoms with Gasteiger partial charge in [0, 0.05) is 34.8 Å². The van der Waals surface area contributed by atoms with E-state index in [9.17, 15) is 19.2 Å². The Bertz CT molecular complexity index is 1370. The summed E-state index contributed by atoms with van der Waals surface area (Å²) in [7, 11) is 0. The first-order valence-corrected chi connectivity index (χ1v) is 13.7. The highest BCUT2D eigenvalue weighted by Gasteiger charge is 2.35. The Morgan fingerprint density at radius 3 is 2.47 bits per heavy atom. The summed E-state index contributed by atoms with van der Waals surface area (Å²) in [6.07, 6.45) is 3.92. The zero-order valence-corrected chi connectivity index (χ0v) is 21.9. The van der Waals surface area contributed by atoms with Gasteiger partial charge < -0.3 is 20.3 Å². The van der Waals surface area contributed by atoms with E-state index in [-0.39, 0.29) is 30.7 Å². The number of ether oxygens (including phenoxy) is 1. The van der Waals surface area contributed by atoms with E-state index < -0.39 is 11.9 Å². The van der Waals surface area contributed by atoms with Crippen molar-refractivity contribution in [2.75, 3.05) is 28.7 Å². The predicted molar refractivity (Wildman–Crippen MR) is 147 cm³/mol. The maximum absolute atomic E-state index is 13.0. The van der Waals surface area contributed by atoms with Crippen molar-refractivity contribution in [2.24, 2.45) is 5.92 Å². The van der Waals surface area contributed by atoms with E-state index >= 15 is 0 Å². The number of aryl methyl sites for hydroxylation is 1. The minimum atomic E-state index is -0.461. The average molecular weight is 532 g/mol. The van der Waals surface area contributed by atoms with Crippen LogP contribution in [-0.4, -0.2) is 36.8 Å². The normalized spacial score (nSPS) is 16.6. The molecule has 1 saturated heterocycles. The third-order valence-corrected chi connectivity index (χ3v) is 8.06. The van der Waals surface area contributed by atoms with Crippen LogP contribution in [0.2, 0.25) is 0 Å². The number of hydrogen-bond donors (Lipinski definition) is 2. The SMILES string of the molecule is CCOC(=O)c1c(NC(=O)c2ccc(NC(=O)C3CC(=O)N(c4ccccc4)C3)cc2)sc2c1CCCC2. The largest absolute Gasteiger partial charge is 0.462 e. The number of fused-ring (bicyclic) bond motifs is 1. The summed E-state index contributed by atoms with van der Waals surface area (Å²) in [6.45, 7) is 2.35. The molecule has 5 rings (SSSR count). The first-order valence-electron chi connectivity index (χ1n) is 12.8. The van der Waals surface area contributed by atoms with Gasteiger partial charge >= 0.3 is 5.97 Å². The number of nitrogens with zero attached hydrogens (tertiary/aromatic N) is 1. The molecule has 3 amide bonds. The van der Waals surface area contributed by atoms with Crippen LogP contribution in [0.1, 0.15) is 57.3 Å². The van der Waals surface area contributed by atoms with Crippen LogP contribution in [-0.2, 0) is 27.2 Å². The number of anilines is 3. The first-order chi connectivity index (χ1) is 18.4. The molecule has 8 nitrogen and oxygen atoms in total. The summed E-state index contributed by atoms with van der Waals surface area (Å²) in [5.41, 5.74) is 3.18. The molecule has 0 bridgehead atoms. The van der Waals surface area contributed by atoms with E-state index in [2.05, 4.69) is 10.6 Å². The second-order valence-corrected chi connectivity index (χ2v) is 10.5. The van der Waals surface area contributed by atoms with Crippen molar-refractivity contribution in [3.8, 4) is 0 Å². The van der Waals surface area contributed by atoms with Gasteiger partial charge in [0.25, 0.3) is 5.91 Å². The number of carbonyl (C=O) groups excluding carboxylic acids is 4. The Hall–Kier alpha value is -3.98. The first kappa shape index (κ1) is 25.7. The lowest BCUT2D eigenvalue weighted by atomic mass is 9.95. The molecule has 1 aromatic heterocycles. The Morgan fingerprint density at radius 2 is 1.74 bits per heavy atom.